The van der Waals surface area contributed by atoms with Gasteiger partial charge in [0.15, 0.2) is 0 Å². The highest BCUT2D eigenvalue weighted by Crippen LogP contribution is 2.37. The Labute approximate surface area is 198 Å². The van der Waals surface area contributed by atoms with Crippen molar-refractivity contribution in [1.82, 2.24) is 4.90 Å². The maximum Gasteiger partial charge on any atom is 0.416 e. The smallest absolute Gasteiger partial charge is 0.416 e. The molecule has 0 radical (unpaired) electrons. The van der Waals surface area contributed by atoms with Crippen molar-refractivity contribution < 1.29 is 32.4 Å². The first-order chi connectivity index (χ1) is 16.6. The highest BCUT2D eigenvalue weighted by molar-refractivity contribution is 6.22. The van der Waals surface area contributed by atoms with E-state index in [1.165, 1.54) is 0 Å². The van der Waals surface area contributed by atoms with Crippen molar-refractivity contribution in [2.24, 2.45) is 0 Å². The topological polar surface area (TPSA) is 96.2 Å². The molecule has 0 bridgehead atoms. The second-order valence-electron chi connectivity index (χ2n) is 8.20. The molecular weight excluding hydrogens is 469 g/mol. The Balaban J connectivity index is 1.45. The quantitative estimate of drug-likeness (QED) is 0.346. The molecule has 2 fully saturated rings. The molecule has 2 aliphatic heterocycles. The molecule has 0 aliphatic carbocycles. The molecule has 12 heteroatoms. The lowest BCUT2D eigenvalue weighted by molar-refractivity contribution is -0.384. The Bertz CT molecular complexity index is 1130. The van der Waals surface area contributed by atoms with Gasteiger partial charge in [-0.05, 0) is 43.3 Å². The number of alkyl halides is 3. The SMILES string of the molecule is CCOc1ccc(N2C(=O)C[C@@H](N3CCN(c4ccc(C(F)(F)F)cc4[N+](=O)[O-])CC3)C2=O)cc1. The van der Waals surface area contributed by atoms with Crippen molar-refractivity contribution in [2.45, 2.75) is 25.6 Å². The van der Waals surface area contributed by atoms with E-state index < -0.39 is 28.4 Å². The number of piperazine rings is 1. The molecule has 0 saturated carbocycles. The summed E-state index contributed by atoms with van der Waals surface area (Å²) >= 11 is 0. The molecule has 186 valence electrons. The minimum atomic E-state index is -4.69. The van der Waals surface area contributed by atoms with E-state index in [1.54, 1.807) is 29.2 Å². The number of ether oxygens (including phenoxy) is 1. The summed E-state index contributed by atoms with van der Waals surface area (Å²) in [6, 6.07) is 8.45. The van der Waals surface area contributed by atoms with Crippen molar-refractivity contribution >= 4 is 28.9 Å². The number of halogens is 3. The first-order valence-corrected chi connectivity index (χ1v) is 11.0. The van der Waals surface area contributed by atoms with Crippen LogP contribution in [-0.4, -0.2) is 60.5 Å². The van der Waals surface area contributed by atoms with Crippen LogP contribution in [0.15, 0.2) is 42.5 Å². The molecule has 2 saturated heterocycles. The fourth-order valence-electron chi connectivity index (χ4n) is 4.42. The van der Waals surface area contributed by atoms with E-state index in [9.17, 15) is 32.9 Å². The molecule has 0 spiro atoms. The van der Waals surface area contributed by atoms with Crippen LogP contribution in [0, 0.1) is 10.1 Å². The summed E-state index contributed by atoms with van der Waals surface area (Å²) in [5.41, 5.74) is -1.17. The van der Waals surface area contributed by atoms with E-state index in [2.05, 4.69) is 0 Å². The number of nitro benzene ring substituents is 1. The summed E-state index contributed by atoms with van der Waals surface area (Å²) in [6.07, 6.45) is -4.68. The van der Waals surface area contributed by atoms with Gasteiger partial charge in [-0.2, -0.15) is 13.2 Å². The summed E-state index contributed by atoms with van der Waals surface area (Å²) in [5.74, 6) is -0.0570. The molecule has 2 heterocycles. The Morgan fingerprint density at radius 2 is 1.71 bits per heavy atom. The van der Waals surface area contributed by atoms with Gasteiger partial charge in [0.25, 0.3) is 11.6 Å². The van der Waals surface area contributed by atoms with E-state index in [-0.39, 0.29) is 37.0 Å². The average Bonchev–Trinajstić information content (AvgIpc) is 3.12. The molecule has 2 aromatic rings. The first kappa shape index (κ1) is 24.5. The van der Waals surface area contributed by atoms with Crippen molar-refractivity contribution in [3.63, 3.8) is 0 Å². The van der Waals surface area contributed by atoms with Crippen LogP contribution >= 0.6 is 0 Å². The summed E-state index contributed by atoms with van der Waals surface area (Å²) in [7, 11) is 0. The fraction of sp³-hybridized carbons (Fsp3) is 0.391. The first-order valence-electron chi connectivity index (χ1n) is 11.0. The third kappa shape index (κ3) is 4.92. The number of nitro groups is 1. The number of benzene rings is 2. The molecular formula is C23H23F3N4O5. The largest absolute Gasteiger partial charge is 0.494 e. The number of carbonyl (C=O) groups is 2. The maximum atomic E-state index is 13.1. The molecule has 0 N–H and O–H groups in total. The third-order valence-corrected chi connectivity index (χ3v) is 6.12. The Morgan fingerprint density at radius 1 is 1.06 bits per heavy atom. The van der Waals surface area contributed by atoms with Crippen LogP contribution in [-0.2, 0) is 15.8 Å². The van der Waals surface area contributed by atoms with Gasteiger partial charge in [0, 0.05) is 32.2 Å². The Morgan fingerprint density at radius 3 is 2.29 bits per heavy atom. The number of nitrogens with zero attached hydrogens (tertiary/aromatic N) is 4. The summed E-state index contributed by atoms with van der Waals surface area (Å²) in [6.45, 7) is 3.49. The zero-order chi connectivity index (χ0) is 25.3. The zero-order valence-electron chi connectivity index (χ0n) is 18.8. The predicted octanol–water partition coefficient (Wildman–Crippen LogP) is 3.47. The zero-order valence-corrected chi connectivity index (χ0v) is 18.8. The molecule has 2 aromatic carbocycles. The molecule has 0 unspecified atom stereocenters. The number of amides is 2. The van der Waals surface area contributed by atoms with Crippen molar-refractivity contribution in [2.75, 3.05) is 42.6 Å². The van der Waals surface area contributed by atoms with Gasteiger partial charge in [-0.15, -0.1) is 0 Å². The van der Waals surface area contributed by atoms with Crippen LogP contribution in [0.1, 0.15) is 18.9 Å². The predicted molar refractivity (Wildman–Crippen MR) is 120 cm³/mol. The van der Waals surface area contributed by atoms with Gasteiger partial charge in [-0.3, -0.25) is 24.6 Å². The van der Waals surface area contributed by atoms with Crippen LogP contribution < -0.4 is 14.5 Å². The van der Waals surface area contributed by atoms with Crippen molar-refractivity contribution in [1.29, 1.82) is 0 Å². The van der Waals surface area contributed by atoms with E-state index >= 15 is 0 Å². The summed E-state index contributed by atoms with van der Waals surface area (Å²) in [5, 5.41) is 11.4. The Hall–Kier alpha value is -3.67. The second-order valence-corrected chi connectivity index (χ2v) is 8.20. The van der Waals surface area contributed by atoms with E-state index in [4.69, 9.17) is 4.74 Å². The van der Waals surface area contributed by atoms with Gasteiger partial charge >= 0.3 is 6.18 Å². The lowest BCUT2D eigenvalue weighted by Gasteiger charge is -2.37. The van der Waals surface area contributed by atoms with E-state index in [1.807, 2.05) is 11.8 Å². The minimum absolute atomic E-state index is 0.00642. The minimum Gasteiger partial charge on any atom is -0.494 e. The van der Waals surface area contributed by atoms with Gasteiger partial charge in [-0.1, -0.05) is 0 Å². The average molecular weight is 492 g/mol. The van der Waals surface area contributed by atoms with Gasteiger partial charge in [-0.25, -0.2) is 4.90 Å². The standard InChI is InChI=1S/C23H23F3N4O5/c1-2-35-17-6-4-16(5-7-17)29-21(31)14-20(22(29)32)28-11-9-27(10-12-28)18-8-3-15(23(24,25)26)13-19(18)30(33)34/h3-8,13,20H,2,9-12,14H2,1H3/t20-/m1/s1. The molecule has 0 aromatic heterocycles. The highest BCUT2D eigenvalue weighted by atomic mass is 19.4. The van der Waals surface area contributed by atoms with Crippen LogP contribution in [0.5, 0.6) is 5.75 Å². The number of imide groups is 1. The molecule has 2 amide bonds. The Kier molecular flexibility index (Phi) is 6.66. The normalized spacial score (nSPS) is 19.4. The number of carbonyl (C=O) groups excluding carboxylic acids is 2. The fourth-order valence-corrected chi connectivity index (χ4v) is 4.42. The van der Waals surface area contributed by atoms with Gasteiger partial charge in [0.2, 0.25) is 5.91 Å². The van der Waals surface area contributed by atoms with Gasteiger partial charge in [0.1, 0.15) is 11.4 Å². The summed E-state index contributed by atoms with van der Waals surface area (Å²) in [4.78, 5) is 40.9. The molecule has 4 rings (SSSR count). The van der Waals surface area contributed by atoms with Gasteiger partial charge < -0.3 is 9.64 Å². The molecule has 9 nitrogen and oxygen atoms in total. The second kappa shape index (κ2) is 9.53. The lowest BCUT2D eigenvalue weighted by atomic mass is 10.1. The van der Waals surface area contributed by atoms with Crippen LogP contribution in [0.2, 0.25) is 0 Å². The molecule has 1 atom stereocenters. The number of anilines is 2. The number of hydrogen-bond donors (Lipinski definition) is 0. The maximum absolute atomic E-state index is 13.1. The highest BCUT2D eigenvalue weighted by Gasteiger charge is 2.43. The lowest BCUT2D eigenvalue weighted by Crippen LogP contribution is -2.52. The molecule has 35 heavy (non-hydrogen) atoms. The summed E-state index contributed by atoms with van der Waals surface area (Å²) < 4.78 is 44.4. The number of rotatable bonds is 6. The number of hydrogen-bond acceptors (Lipinski definition) is 7. The van der Waals surface area contributed by atoms with Crippen LogP contribution in [0.25, 0.3) is 0 Å². The van der Waals surface area contributed by atoms with Crippen molar-refractivity contribution in [3.05, 3.63) is 58.1 Å². The molecule has 2 aliphatic rings. The van der Waals surface area contributed by atoms with Gasteiger partial charge in [0.05, 0.1) is 35.2 Å². The van der Waals surface area contributed by atoms with E-state index in [0.717, 1.165) is 17.0 Å². The van der Waals surface area contributed by atoms with Crippen molar-refractivity contribution in [3.8, 4) is 5.75 Å². The van der Waals surface area contributed by atoms with Crippen LogP contribution in [0.3, 0.4) is 0 Å². The van der Waals surface area contributed by atoms with E-state index in [0.29, 0.717) is 37.2 Å². The third-order valence-electron chi connectivity index (χ3n) is 6.12. The van der Waals surface area contributed by atoms with Crippen LogP contribution in [0.4, 0.5) is 30.2 Å². The monoisotopic (exact) mass is 492 g/mol.